The smallest absolute Gasteiger partial charge is 0.0389 e. The van der Waals surface area contributed by atoms with Gasteiger partial charge in [-0.15, -0.1) is 0 Å². The molecule has 1 heterocycles. The minimum Gasteiger partial charge on any atom is -0.313 e. The van der Waals surface area contributed by atoms with E-state index in [2.05, 4.69) is 19.2 Å². The molecule has 1 fully saturated rings. The molecule has 0 amide bonds. The SMILES string of the molecule is CC(C)CNC1CCS(=O)C1. The van der Waals surface area contributed by atoms with Crippen LogP contribution in [0.3, 0.4) is 0 Å². The van der Waals surface area contributed by atoms with Gasteiger partial charge in [0.15, 0.2) is 0 Å². The first-order valence-corrected chi connectivity index (χ1v) is 5.75. The zero-order valence-corrected chi connectivity index (χ0v) is 8.12. The average Bonchev–Trinajstić information content (AvgIpc) is 2.31. The van der Waals surface area contributed by atoms with Crippen LogP contribution in [0.5, 0.6) is 0 Å². The summed E-state index contributed by atoms with van der Waals surface area (Å²) in [5, 5.41) is 3.42. The van der Waals surface area contributed by atoms with Gasteiger partial charge in [0.25, 0.3) is 0 Å². The molecule has 0 aliphatic carbocycles. The van der Waals surface area contributed by atoms with Crippen molar-refractivity contribution in [2.24, 2.45) is 5.92 Å². The van der Waals surface area contributed by atoms with Crippen LogP contribution in [-0.4, -0.2) is 28.3 Å². The molecule has 2 unspecified atom stereocenters. The fourth-order valence-electron chi connectivity index (χ4n) is 1.23. The van der Waals surface area contributed by atoms with Gasteiger partial charge in [0, 0.05) is 28.3 Å². The van der Waals surface area contributed by atoms with Crippen molar-refractivity contribution in [3.05, 3.63) is 0 Å². The third-order valence-electron chi connectivity index (χ3n) is 1.90. The van der Waals surface area contributed by atoms with Gasteiger partial charge < -0.3 is 5.32 Å². The van der Waals surface area contributed by atoms with E-state index in [9.17, 15) is 4.21 Å². The number of hydrogen-bond acceptors (Lipinski definition) is 2. The quantitative estimate of drug-likeness (QED) is 0.686. The second-order valence-corrected chi connectivity index (χ2v) is 5.22. The number of hydrogen-bond donors (Lipinski definition) is 1. The van der Waals surface area contributed by atoms with E-state index in [0.717, 1.165) is 24.5 Å². The molecule has 0 spiro atoms. The van der Waals surface area contributed by atoms with E-state index >= 15 is 0 Å². The highest BCUT2D eigenvalue weighted by Crippen LogP contribution is 2.07. The van der Waals surface area contributed by atoms with Crippen LogP contribution in [0.15, 0.2) is 0 Å². The Morgan fingerprint density at radius 1 is 1.64 bits per heavy atom. The molecule has 1 saturated heterocycles. The molecular formula is C8H17NOS. The van der Waals surface area contributed by atoms with Crippen LogP contribution in [0.1, 0.15) is 20.3 Å². The molecule has 3 heteroatoms. The standard InChI is InChI=1S/C8H17NOS/c1-7(2)5-9-8-3-4-11(10)6-8/h7-9H,3-6H2,1-2H3. The summed E-state index contributed by atoms with van der Waals surface area (Å²) >= 11 is 0. The first-order chi connectivity index (χ1) is 5.18. The monoisotopic (exact) mass is 175 g/mol. The van der Waals surface area contributed by atoms with Crippen LogP contribution in [0.4, 0.5) is 0 Å². The van der Waals surface area contributed by atoms with Gasteiger partial charge in [-0.3, -0.25) is 4.21 Å². The van der Waals surface area contributed by atoms with Crippen molar-refractivity contribution in [2.75, 3.05) is 18.1 Å². The third kappa shape index (κ3) is 3.34. The summed E-state index contributed by atoms with van der Waals surface area (Å²) in [6.45, 7) is 5.44. The summed E-state index contributed by atoms with van der Waals surface area (Å²) in [4.78, 5) is 0. The highest BCUT2D eigenvalue weighted by atomic mass is 32.2. The van der Waals surface area contributed by atoms with Crippen molar-refractivity contribution in [3.63, 3.8) is 0 Å². The maximum Gasteiger partial charge on any atom is 0.0389 e. The predicted octanol–water partition coefficient (Wildman–Crippen LogP) is 0.753. The van der Waals surface area contributed by atoms with Crippen molar-refractivity contribution >= 4 is 10.8 Å². The highest BCUT2D eigenvalue weighted by molar-refractivity contribution is 7.85. The van der Waals surface area contributed by atoms with Gasteiger partial charge in [0.1, 0.15) is 0 Å². The third-order valence-corrected chi connectivity index (χ3v) is 3.36. The minimum absolute atomic E-state index is 0.526. The van der Waals surface area contributed by atoms with Crippen molar-refractivity contribution in [1.29, 1.82) is 0 Å². The largest absolute Gasteiger partial charge is 0.313 e. The Morgan fingerprint density at radius 2 is 2.36 bits per heavy atom. The van der Waals surface area contributed by atoms with E-state index in [4.69, 9.17) is 0 Å². The first kappa shape index (κ1) is 9.20. The Hall–Kier alpha value is 0.110. The van der Waals surface area contributed by atoms with E-state index < -0.39 is 10.8 Å². The van der Waals surface area contributed by atoms with Gasteiger partial charge in [-0.1, -0.05) is 13.8 Å². The zero-order chi connectivity index (χ0) is 8.27. The summed E-state index contributed by atoms with van der Waals surface area (Å²) in [6.07, 6.45) is 1.10. The highest BCUT2D eigenvalue weighted by Gasteiger charge is 2.19. The van der Waals surface area contributed by atoms with Crippen LogP contribution < -0.4 is 5.32 Å². The lowest BCUT2D eigenvalue weighted by Gasteiger charge is -2.12. The van der Waals surface area contributed by atoms with Crippen LogP contribution in [0.2, 0.25) is 0 Å². The molecule has 11 heavy (non-hydrogen) atoms. The molecule has 66 valence electrons. The Morgan fingerprint density at radius 3 is 2.82 bits per heavy atom. The zero-order valence-electron chi connectivity index (χ0n) is 7.30. The van der Waals surface area contributed by atoms with E-state index in [1.807, 2.05) is 0 Å². The molecule has 0 bridgehead atoms. The number of nitrogens with one attached hydrogen (secondary N) is 1. The predicted molar refractivity (Wildman–Crippen MR) is 49.1 cm³/mol. The Bertz CT molecular complexity index is 147. The maximum atomic E-state index is 11.0. The van der Waals surface area contributed by atoms with E-state index in [-0.39, 0.29) is 0 Å². The summed E-state index contributed by atoms with van der Waals surface area (Å²) in [7, 11) is -0.530. The maximum absolute atomic E-state index is 11.0. The molecule has 1 aliphatic heterocycles. The van der Waals surface area contributed by atoms with Gasteiger partial charge in [-0.25, -0.2) is 0 Å². The lowest BCUT2D eigenvalue weighted by molar-refractivity contribution is 0.489. The lowest BCUT2D eigenvalue weighted by Crippen LogP contribution is -2.32. The van der Waals surface area contributed by atoms with E-state index in [1.165, 1.54) is 0 Å². The van der Waals surface area contributed by atoms with Crippen LogP contribution in [0.25, 0.3) is 0 Å². The molecule has 1 N–H and O–H groups in total. The molecule has 0 aromatic carbocycles. The normalized spacial score (nSPS) is 31.5. The molecule has 2 atom stereocenters. The van der Waals surface area contributed by atoms with Crippen molar-refractivity contribution in [2.45, 2.75) is 26.3 Å². The average molecular weight is 175 g/mol. The summed E-state index contributed by atoms with van der Waals surface area (Å²) in [6, 6.07) is 0.526. The van der Waals surface area contributed by atoms with Crippen LogP contribution >= 0.6 is 0 Å². The van der Waals surface area contributed by atoms with E-state index in [1.54, 1.807) is 0 Å². The Kier molecular flexibility index (Phi) is 3.52. The van der Waals surface area contributed by atoms with Gasteiger partial charge in [0.05, 0.1) is 0 Å². The lowest BCUT2D eigenvalue weighted by atomic mass is 10.2. The van der Waals surface area contributed by atoms with Gasteiger partial charge >= 0.3 is 0 Å². The van der Waals surface area contributed by atoms with E-state index in [0.29, 0.717) is 12.0 Å². The fraction of sp³-hybridized carbons (Fsp3) is 1.00. The van der Waals surface area contributed by atoms with Gasteiger partial charge in [-0.2, -0.15) is 0 Å². The van der Waals surface area contributed by atoms with Crippen LogP contribution in [-0.2, 0) is 10.8 Å². The second kappa shape index (κ2) is 4.21. The molecular weight excluding hydrogens is 158 g/mol. The van der Waals surface area contributed by atoms with Crippen molar-refractivity contribution in [3.8, 4) is 0 Å². The molecule has 0 aromatic heterocycles. The fourth-order valence-corrected chi connectivity index (χ4v) is 2.68. The first-order valence-electron chi connectivity index (χ1n) is 4.27. The molecule has 1 aliphatic rings. The number of rotatable bonds is 3. The summed E-state index contributed by atoms with van der Waals surface area (Å²) < 4.78 is 11.0. The van der Waals surface area contributed by atoms with Gasteiger partial charge in [-0.05, 0) is 18.9 Å². The Labute approximate surface area is 71.2 Å². The van der Waals surface area contributed by atoms with Crippen molar-refractivity contribution in [1.82, 2.24) is 5.32 Å². The molecule has 0 saturated carbocycles. The minimum atomic E-state index is -0.530. The molecule has 0 radical (unpaired) electrons. The second-order valence-electron chi connectivity index (χ2n) is 3.60. The Balaban J connectivity index is 2.13. The van der Waals surface area contributed by atoms with Gasteiger partial charge in [0.2, 0.25) is 0 Å². The van der Waals surface area contributed by atoms with Crippen molar-refractivity contribution < 1.29 is 4.21 Å². The summed E-state index contributed by atoms with van der Waals surface area (Å²) in [5.74, 6) is 2.46. The van der Waals surface area contributed by atoms with Crippen LogP contribution in [0, 0.1) is 5.92 Å². The summed E-state index contributed by atoms with van der Waals surface area (Å²) in [5.41, 5.74) is 0. The topological polar surface area (TPSA) is 29.1 Å². The molecule has 2 nitrogen and oxygen atoms in total. The molecule has 1 rings (SSSR count). The molecule has 0 aromatic rings.